The molecule has 0 unspecified atom stereocenters. The molecule has 0 saturated heterocycles. The first-order valence-corrected chi connectivity index (χ1v) is 8.05. The molecule has 124 valence electrons. The van der Waals surface area contributed by atoms with Gasteiger partial charge < -0.3 is 10.6 Å². The monoisotopic (exact) mass is 312 g/mol. The number of para-hydroxylation sites is 1. The second-order valence-corrected chi connectivity index (χ2v) is 8.01. The number of aryl methyl sites for hydroxylation is 1. The van der Waals surface area contributed by atoms with Crippen molar-refractivity contribution >= 4 is 17.5 Å². The summed E-state index contributed by atoms with van der Waals surface area (Å²) in [6.07, 6.45) is 0. The summed E-state index contributed by atoms with van der Waals surface area (Å²) in [6, 6.07) is 10.3. The highest BCUT2D eigenvalue weighted by Crippen LogP contribution is 2.30. The van der Waals surface area contributed by atoms with Crippen LogP contribution in [0.2, 0.25) is 0 Å². The molecule has 4 heteroatoms. The van der Waals surface area contributed by atoms with Crippen LogP contribution in [0.1, 0.15) is 52.8 Å². The summed E-state index contributed by atoms with van der Waals surface area (Å²) in [6.45, 7) is 15.0. The number of rotatable bonds is 3. The number of hydrogen-bond donors (Lipinski definition) is 2. The van der Waals surface area contributed by atoms with Gasteiger partial charge in [-0.05, 0) is 44.7 Å². The summed E-state index contributed by atoms with van der Waals surface area (Å²) in [5.41, 5.74) is 3.24. The van der Waals surface area contributed by atoms with Crippen LogP contribution < -0.4 is 10.6 Å². The predicted octanol–water partition coefficient (Wildman–Crippen LogP) is 5.04. The normalized spacial score (nSPS) is 12.1. The van der Waals surface area contributed by atoms with Crippen molar-refractivity contribution in [3.05, 3.63) is 41.6 Å². The number of aromatic nitrogens is 2. The zero-order valence-electron chi connectivity index (χ0n) is 15.3. The van der Waals surface area contributed by atoms with Gasteiger partial charge in [-0.25, -0.2) is 4.98 Å². The van der Waals surface area contributed by atoms with E-state index in [-0.39, 0.29) is 11.0 Å². The van der Waals surface area contributed by atoms with Crippen LogP contribution in [0.3, 0.4) is 0 Å². The quantitative estimate of drug-likeness (QED) is 0.834. The molecule has 0 amide bonds. The Hall–Kier alpha value is -2.10. The van der Waals surface area contributed by atoms with Gasteiger partial charge in [-0.15, -0.1) is 0 Å². The maximum atomic E-state index is 4.60. The van der Waals surface area contributed by atoms with Gasteiger partial charge in [-0.2, -0.15) is 4.98 Å². The summed E-state index contributed by atoms with van der Waals surface area (Å²) >= 11 is 0. The van der Waals surface area contributed by atoms with Crippen molar-refractivity contribution in [2.75, 3.05) is 10.6 Å². The molecule has 0 fully saturated rings. The third-order valence-corrected chi connectivity index (χ3v) is 3.34. The van der Waals surface area contributed by atoms with Gasteiger partial charge in [0.05, 0.1) is 0 Å². The van der Waals surface area contributed by atoms with Crippen molar-refractivity contribution in [2.24, 2.45) is 0 Å². The molecule has 23 heavy (non-hydrogen) atoms. The second-order valence-electron chi connectivity index (χ2n) is 8.01. The van der Waals surface area contributed by atoms with Gasteiger partial charge in [-0.1, -0.05) is 39.0 Å². The minimum absolute atomic E-state index is 0.0403. The minimum atomic E-state index is -0.0403. The molecular weight excluding hydrogens is 284 g/mol. The van der Waals surface area contributed by atoms with Crippen LogP contribution in [0, 0.1) is 6.92 Å². The molecule has 0 radical (unpaired) electrons. The van der Waals surface area contributed by atoms with E-state index >= 15 is 0 Å². The van der Waals surface area contributed by atoms with Gasteiger partial charge in [-0.3, -0.25) is 0 Å². The van der Waals surface area contributed by atoms with Crippen molar-refractivity contribution in [3.63, 3.8) is 0 Å². The fraction of sp³-hybridized carbons (Fsp3) is 0.474. The molecule has 2 aromatic rings. The first kappa shape index (κ1) is 17.3. The Morgan fingerprint density at radius 3 is 2.17 bits per heavy atom. The average molecular weight is 312 g/mol. The van der Waals surface area contributed by atoms with Crippen molar-refractivity contribution in [3.8, 4) is 0 Å². The van der Waals surface area contributed by atoms with Gasteiger partial charge in [0, 0.05) is 23.0 Å². The lowest BCUT2D eigenvalue weighted by atomic mass is 9.86. The van der Waals surface area contributed by atoms with Crippen molar-refractivity contribution in [1.29, 1.82) is 0 Å². The Morgan fingerprint density at radius 1 is 0.913 bits per heavy atom. The zero-order chi connectivity index (χ0) is 17.3. The molecule has 0 aliphatic heterocycles. The van der Waals surface area contributed by atoms with Crippen molar-refractivity contribution < 1.29 is 0 Å². The van der Waals surface area contributed by atoms with Gasteiger partial charge >= 0.3 is 0 Å². The molecule has 1 aromatic heterocycles. The van der Waals surface area contributed by atoms with E-state index in [0.717, 1.165) is 17.2 Å². The molecule has 2 rings (SSSR count). The fourth-order valence-corrected chi connectivity index (χ4v) is 2.44. The molecule has 2 N–H and O–H groups in total. The van der Waals surface area contributed by atoms with E-state index < -0.39 is 0 Å². The van der Waals surface area contributed by atoms with Crippen molar-refractivity contribution in [2.45, 2.75) is 59.4 Å². The Bertz CT molecular complexity index is 678. The number of benzene rings is 1. The Labute approximate surface area is 139 Å². The zero-order valence-corrected chi connectivity index (χ0v) is 15.3. The standard InChI is InChI=1S/C19H28N4/c1-13-12-16(23-19(5,6)7)22-17(20-13)21-15-11-9-8-10-14(15)18(2,3)4/h8-12H,1-7H3,(H2,20,21,22,23). The van der Waals surface area contributed by atoms with Crippen LogP contribution >= 0.6 is 0 Å². The first-order chi connectivity index (χ1) is 10.5. The highest BCUT2D eigenvalue weighted by atomic mass is 15.2. The van der Waals surface area contributed by atoms with Gasteiger partial charge in [0.15, 0.2) is 0 Å². The Balaban J connectivity index is 2.35. The van der Waals surface area contributed by atoms with E-state index in [9.17, 15) is 0 Å². The summed E-state index contributed by atoms with van der Waals surface area (Å²) in [7, 11) is 0. The third kappa shape index (κ3) is 4.95. The lowest BCUT2D eigenvalue weighted by Crippen LogP contribution is -2.27. The molecule has 1 heterocycles. The maximum absolute atomic E-state index is 4.60. The Morgan fingerprint density at radius 2 is 1.57 bits per heavy atom. The number of nitrogens with one attached hydrogen (secondary N) is 2. The highest BCUT2D eigenvalue weighted by molar-refractivity contribution is 5.61. The fourth-order valence-electron chi connectivity index (χ4n) is 2.44. The highest BCUT2D eigenvalue weighted by Gasteiger charge is 2.18. The van der Waals surface area contributed by atoms with E-state index in [1.165, 1.54) is 5.56 Å². The van der Waals surface area contributed by atoms with Crippen LogP contribution in [-0.2, 0) is 5.41 Å². The topological polar surface area (TPSA) is 49.8 Å². The van der Waals surface area contributed by atoms with Crippen LogP contribution in [0.5, 0.6) is 0 Å². The van der Waals surface area contributed by atoms with E-state index in [1.54, 1.807) is 0 Å². The molecule has 0 aliphatic carbocycles. The summed E-state index contributed by atoms with van der Waals surface area (Å²) in [5, 5.41) is 6.79. The summed E-state index contributed by atoms with van der Waals surface area (Å²) < 4.78 is 0. The number of anilines is 3. The molecule has 0 spiro atoms. The molecule has 0 saturated carbocycles. The number of nitrogens with zero attached hydrogens (tertiary/aromatic N) is 2. The predicted molar refractivity (Wildman–Crippen MR) is 98.6 cm³/mol. The average Bonchev–Trinajstić information content (AvgIpc) is 2.35. The smallest absolute Gasteiger partial charge is 0.229 e. The molecule has 1 aromatic carbocycles. The summed E-state index contributed by atoms with van der Waals surface area (Å²) in [4.78, 5) is 9.12. The largest absolute Gasteiger partial charge is 0.365 e. The molecule has 4 nitrogen and oxygen atoms in total. The third-order valence-electron chi connectivity index (χ3n) is 3.34. The SMILES string of the molecule is Cc1cc(NC(C)(C)C)nc(Nc2ccccc2C(C)(C)C)n1. The second kappa shape index (κ2) is 6.19. The van der Waals surface area contributed by atoms with Gasteiger partial charge in [0.25, 0.3) is 0 Å². The van der Waals surface area contributed by atoms with Gasteiger partial charge in [0.1, 0.15) is 5.82 Å². The lowest BCUT2D eigenvalue weighted by Gasteiger charge is -2.24. The van der Waals surface area contributed by atoms with E-state index in [0.29, 0.717) is 5.95 Å². The number of hydrogen-bond acceptors (Lipinski definition) is 4. The van der Waals surface area contributed by atoms with E-state index in [1.807, 2.05) is 19.1 Å². The summed E-state index contributed by atoms with van der Waals surface area (Å²) in [5.74, 6) is 1.45. The molecule has 0 bridgehead atoms. The van der Waals surface area contributed by atoms with Crippen LogP contribution in [0.4, 0.5) is 17.5 Å². The van der Waals surface area contributed by atoms with Crippen LogP contribution in [0.25, 0.3) is 0 Å². The lowest BCUT2D eigenvalue weighted by molar-refractivity contribution is 0.592. The van der Waals surface area contributed by atoms with Crippen LogP contribution in [0.15, 0.2) is 30.3 Å². The van der Waals surface area contributed by atoms with E-state index in [4.69, 9.17) is 0 Å². The van der Waals surface area contributed by atoms with Crippen LogP contribution in [-0.4, -0.2) is 15.5 Å². The minimum Gasteiger partial charge on any atom is -0.365 e. The first-order valence-electron chi connectivity index (χ1n) is 8.05. The van der Waals surface area contributed by atoms with Crippen molar-refractivity contribution in [1.82, 2.24) is 9.97 Å². The maximum Gasteiger partial charge on any atom is 0.229 e. The Kier molecular flexibility index (Phi) is 4.64. The van der Waals surface area contributed by atoms with Gasteiger partial charge in [0.2, 0.25) is 5.95 Å². The molecule has 0 atom stereocenters. The molecule has 0 aliphatic rings. The molecular formula is C19H28N4. The van der Waals surface area contributed by atoms with E-state index in [2.05, 4.69) is 80.3 Å².